The largest absolute Gasteiger partial charge is 0.376 e. The first kappa shape index (κ1) is 13.8. The smallest absolute Gasteiger partial charge is 0.254 e. The van der Waals surface area contributed by atoms with Crippen LogP contribution in [0.25, 0.3) is 0 Å². The monoisotopic (exact) mass is 256 g/mol. The number of hydrogen-bond donors (Lipinski definition) is 1. The van der Waals surface area contributed by atoms with E-state index in [1.807, 2.05) is 11.8 Å². The molecule has 1 saturated heterocycles. The maximum atomic E-state index is 12.4. The van der Waals surface area contributed by atoms with Crippen molar-refractivity contribution in [2.24, 2.45) is 5.73 Å². The number of amides is 1. The van der Waals surface area contributed by atoms with Gasteiger partial charge in [-0.05, 0) is 32.6 Å². The first-order valence-electron chi connectivity index (χ1n) is 6.97. The van der Waals surface area contributed by atoms with Crippen molar-refractivity contribution in [3.8, 4) is 0 Å². The standard InChI is InChI=1S/C13H24N2O3/c1-2-15(11-5-3-10(14)4-6-11)13(16)12-9-17-7-8-18-12/h10-12H,2-9,14H2,1H3. The van der Waals surface area contributed by atoms with Crippen molar-refractivity contribution >= 4 is 5.91 Å². The van der Waals surface area contributed by atoms with E-state index < -0.39 is 6.10 Å². The molecular formula is C13H24N2O3. The number of nitrogens with two attached hydrogens (primary N) is 1. The van der Waals surface area contributed by atoms with Gasteiger partial charge in [-0.15, -0.1) is 0 Å². The van der Waals surface area contributed by atoms with Gasteiger partial charge < -0.3 is 20.1 Å². The molecule has 1 unspecified atom stereocenters. The lowest BCUT2D eigenvalue weighted by Gasteiger charge is -2.37. The zero-order valence-corrected chi connectivity index (χ0v) is 11.1. The maximum absolute atomic E-state index is 12.4. The summed E-state index contributed by atoms with van der Waals surface area (Å²) in [6.07, 6.45) is 3.63. The van der Waals surface area contributed by atoms with Crippen LogP contribution in [0.1, 0.15) is 32.6 Å². The van der Waals surface area contributed by atoms with Gasteiger partial charge in [0.25, 0.3) is 5.91 Å². The molecule has 1 aliphatic carbocycles. The van der Waals surface area contributed by atoms with Gasteiger partial charge in [0.2, 0.25) is 0 Å². The fourth-order valence-corrected chi connectivity index (χ4v) is 2.82. The third-order valence-corrected chi connectivity index (χ3v) is 3.90. The zero-order chi connectivity index (χ0) is 13.0. The Bertz CT molecular complexity index is 271. The van der Waals surface area contributed by atoms with Gasteiger partial charge in [0.05, 0.1) is 19.8 Å². The molecule has 5 heteroatoms. The minimum Gasteiger partial charge on any atom is -0.376 e. The van der Waals surface area contributed by atoms with Gasteiger partial charge in [-0.2, -0.15) is 0 Å². The van der Waals surface area contributed by atoms with E-state index in [1.54, 1.807) is 0 Å². The van der Waals surface area contributed by atoms with Crippen LogP contribution in [0.2, 0.25) is 0 Å². The molecule has 2 N–H and O–H groups in total. The molecule has 2 fully saturated rings. The van der Waals surface area contributed by atoms with Crippen LogP contribution in [0.4, 0.5) is 0 Å². The Kier molecular flexibility index (Phi) is 4.97. The van der Waals surface area contributed by atoms with Crippen molar-refractivity contribution in [2.75, 3.05) is 26.4 Å². The van der Waals surface area contributed by atoms with E-state index in [1.165, 1.54) is 0 Å². The van der Waals surface area contributed by atoms with Crippen molar-refractivity contribution in [3.05, 3.63) is 0 Å². The van der Waals surface area contributed by atoms with Gasteiger partial charge in [0, 0.05) is 18.6 Å². The Balaban J connectivity index is 1.92. The molecule has 18 heavy (non-hydrogen) atoms. The molecule has 0 bridgehead atoms. The molecule has 2 rings (SSSR count). The molecular weight excluding hydrogens is 232 g/mol. The van der Waals surface area contributed by atoms with Crippen LogP contribution in [0, 0.1) is 0 Å². The number of ether oxygens (including phenoxy) is 2. The average molecular weight is 256 g/mol. The Hall–Kier alpha value is -0.650. The molecule has 1 saturated carbocycles. The summed E-state index contributed by atoms with van der Waals surface area (Å²) in [6, 6.07) is 0.636. The Morgan fingerprint density at radius 1 is 1.28 bits per heavy atom. The first-order chi connectivity index (χ1) is 8.72. The molecule has 0 aromatic heterocycles. The quantitative estimate of drug-likeness (QED) is 0.799. The minimum atomic E-state index is -0.408. The fourth-order valence-electron chi connectivity index (χ4n) is 2.82. The van der Waals surface area contributed by atoms with Gasteiger partial charge in [0.15, 0.2) is 6.10 Å². The Labute approximate surface area is 109 Å². The predicted molar refractivity (Wildman–Crippen MR) is 68.2 cm³/mol. The zero-order valence-electron chi connectivity index (χ0n) is 11.1. The molecule has 1 atom stereocenters. The van der Waals surface area contributed by atoms with Gasteiger partial charge in [-0.25, -0.2) is 0 Å². The average Bonchev–Trinajstić information content (AvgIpc) is 2.42. The molecule has 1 aliphatic heterocycles. The van der Waals surface area contributed by atoms with Crippen molar-refractivity contribution in [3.63, 3.8) is 0 Å². The summed E-state index contributed by atoms with van der Waals surface area (Å²) in [5.74, 6) is 0.0812. The summed E-state index contributed by atoms with van der Waals surface area (Å²) in [5, 5.41) is 0. The number of carbonyl (C=O) groups excluding carboxylic acids is 1. The van der Waals surface area contributed by atoms with Gasteiger partial charge >= 0.3 is 0 Å². The summed E-state index contributed by atoms with van der Waals surface area (Å²) >= 11 is 0. The summed E-state index contributed by atoms with van der Waals surface area (Å²) in [6.45, 7) is 4.26. The van der Waals surface area contributed by atoms with Gasteiger partial charge in [0.1, 0.15) is 0 Å². The minimum absolute atomic E-state index is 0.0812. The maximum Gasteiger partial charge on any atom is 0.254 e. The second kappa shape index (κ2) is 6.50. The van der Waals surface area contributed by atoms with E-state index >= 15 is 0 Å². The van der Waals surface area contributed by atoms with Crippen LogP contribution in [-0.4, -0.2) is 55.4 Å². The van der Waals surface area contributed by atoms with Gasteiger partial charge in [-0.1, -0.05) is 0 Å². The van der Waals surface area contributed by atoms with Crippen LogP contribution < -0.4 is 5.73 Å². The molecule has 0 radical (unpaired) electrons. The molecule has 1 amide bonds. The van der Waals surface area contributed by atoms with E-state index in [0.717, 1.165) is 32.2 Å². The Morgan fingerprint density at radius 2 is 2.00 bits per heavy atom. The summed E-state index contributed by atoms with van der Waals surface area (Å²) in [5.41, 5.74) is 5.91. The van der Waals surface area contributed by atoms with E-state index in [-0.39, 0.29) is 5.91 Å². The molecule has 5 nitrogen and oxygen atoms in total. The number of carbonyl (C=O) groups is 1. The third-order valence-electron chi connectivity index (χ3n) is 3.90. The number of nitrogens with zero attached hydrogens (tertiary/aromatic N) is 1. The number of hydrogen-bond acceptors (Lipinski definition) is 4. The lowest BCUT2D eigenvalue weighted by atomic mass is 9.90. The first-order valence-corrected chi connectivity index (χ1v) is 6.97. The van der Waals surface area contributed by atoms with Crippen molar-refractivity contribution in [2.45, 2.75) is 50.8 Å². The lowest BCUT2D eigenvalue weighted by Crippen LogP contribution is -2.51. The third kappa shape index (κ3) is 3.22. The van der Waals surface area contributed by atoms with Crippen LogP contribution in [0.15, 0.2) is 0 Å². The summed E-state index contributed by atoms with van der Waals surface area (Å²) < 4.78 is 10.8. The molecule has 0 spiro atoms. The van der Waals surface area contributed by atoms with E-state index in [9.17, 15) is 4.79 Å². The number of rotatable bonds is 3. The summed E-state index contributed by atoms with van der Waals surface area (Å²) in [7, 11) is 0. The SMILES string of the molecule is CCN(C(=O)C1COCCO1)C1CCC(N)CC1. The second-order valence-corrected chi connectivity index (χ2v) is 5.13. The molecule has 1 heterocycles. The highest BCUT2D eigenvalue weighted by Gasteiger charge is 2.32. The normalized spacial score (nSPS) is 33.1. The summed E-state index contributed by atoms with van der Waals surface area (Å²) in [4.78, 5) is 14.3. The molecule has 2 aliphatic rings. The topological polar surface area (TPSA) is 64.8 Å². The van der Waals surface area contributed by atoms with Crippen LogP contribution >= 0.6 is 0 Å². The molecule has 0 aromatic carbocycles. The van der Waals surface area contributed by atoms with Crippen molar-refractivity contribution < 1.29 is 14.3 Å². The van der Waals surface area contributed by atoms with Crippen molar-refractivity contribution in [1.29, 1.82) is 0 Å². The fraction of sp³-hybridized carbons (Fsp3) is 0.923. The van der Waals surface area contributed by atoms with E-state index in [4.69, 9.17) is 15.2 Å². The molecule has 104 valence electrons. The highest BCUT2D eigenvalue weighted by molar-refractivity contribution is 5.81. The lowest BCUT2D eigenvalue weighted by molar-refractivity contribution is -0.160. The highest BCUT2D eigenvalue weighted by atomic mass is 16.6. The molecule has 0 aromatic rings. The van der Waals surface area contributed by atoms with E-state index in [0.29, 0.717) is 31.9 Å². The van der Waals surface area contributed by atoms with Gasteiger partial charge in [-0.3, -0.25) is 4.79 Å². The van der Waals surface area contributed by atoms with Crippen LogP contribution in [0.5, 0.6) is 0 Å². The second-order valence-electron chi connectivity index (χ2n) is 5.13. The van der Waals surface area contributed by atoms with Crippen LogP contribution in [-0.2, 0) is 14.3 Å². The Morgan fingerprint density at radius 3 is 2.56 bits per heavy atom. The predicted octanol–water partition coefficient (Wildman–Crippen LogP) is 0.520. The van der Waals surface area contributed by atoms with Crippen LogP contribution in [0.3, 0.4) is 0 Å². The number of likely N-dealkylation sites (N-methyl/N-ethyl adjacent to an activating group) is 1. The van der Waals surface area contributed by atoms with Crippen molar-refractivity contribution in [1.82, 2.24) is 4.90 Å². The highest BCUT2D eigenvalue weighted by Crippen LogP contribution is 2.23. The van der Waals surface area contributed by atoms with E-state index in [2.05, 4.69) is 0 Å².